The van der Waals surface area contributed by atoms with Crippen LogP contribution in [0.2, 0.25) is 0 Å². The zero-order valence-corrected chi connectivity index (χ0v) is 25.4. The van der Waals surface area contributed by atoms with Crippen LogP contribution >= 0.6 is 0 Å². The van der Waals surface area contributed by atoms with Crippen LogP contribution < -0.4 is 9.62 Å². The molecular weight excluding hydrogens is 554 g/mol. The highest BCUT2D eigenvalue weighted by Crippen LogP contribution is 2.40. The molecule has 0 aliphatic heterocycles. The van der Waals surface area contributed by atoms with E-state index in [0.717, 1.165) is 74.9 Å². The van der Waals surface area contributed by atoms with Gasteiger partial charge in [-0.2, -0.15) is 8.78 Å². The molecule has 0 saturated heterocycles. The van der Waals surface area contributed by atoms with Crippen molar-refractivity contribution in [2.45, 2.75) is 77.6 Å². The minimum absolute atomic E-state index is 0.0973. The lowest BCUT2D eigenvalue weighted by molar-refractivity contribution is -0.137. The first-order valence-corrected chi connectivity index (χ1v) is 14.8. The minimum Gasteiger partial charge on any atom is -0.491 e. The number of aldehydes is 2. The van der Waals surface area contributed by atoms with Gasteiger partial charge in [0.2, 0.25) is 0 Å². The summed E-state index contributed by atoms with van der Waals surface area (Å²) in [7, 11) is 0. The second kappa shape index (κ2) is 22.0. The first-order valence-electron chi connectivity index (χ1n) is 14.8. The van der Waals surface area contributed by atoms with Crippen LogP contribution in [0.4, 0.5) is 8.78 Å². The predicted molar refractivity (Wildman–Crippen MR) is 168 cm³/mol. The Labute approximate surface area is 254 Å². The van der Waals surface area contributed by atoms with Crippen LogP contribution in [0.1, 0.15) is 82.3 Å². The minimum atomic E-state index is -1.57. The fraction of sp³-hybridized carbons (Fsp3) is 0.429. The molecule has 0 radical (unpaired) electrons. The number of carbonyl (C=O) groups excluding carboxylic acids is 2. The molecule has 43 heavy (non-hydrogen) atoms. The summed E-state index contributed by atoms with van der Waals surface area (Å²) in [5, 5.41) is 18.1. The number of aryl methyl sites for hydroxylation is 1. The molecule has 3 rings (SSSR count). The van der Waals surface area contributed by atoms with Gasteiger partial charge in [0.05, 0.1) is 6.61 Å². The molecule has 1 saturated carbocycles. The Kier molecular flexibility index (Phi) is 19.1. The predicted octanol–water partition coefficient (Wildman–Crippen LogP) is 8.89. The number of hydrogen-bond acceptors (Lipinski definition) is 6. The van der Waals surface area contributed by atoms with Gasteiger partial charge in [-0.15, -0.1) is 0 Å². The van der Waals surface area contributed by atoms with Crippen molar-refractivity contribution in [2.24, 2.45) is 5.92 Å². The first kappa shape index (κ1) is 37.4. The summed E-state index contributed by atoms with van der Waals surface area (Å²) in [6.07, 6.45) is 10.5. The van der Waals surface area contributed by atoms with Gasteiger partial charge in [-0.25, -0.2) is 5.26 Å². The molecule has 0 unspecified atom stereocenters. The van der Waals surface area contributed by atoms with E-state index in [1.54, 1.807) is 12.1 Å². The monoisotopic (exact) mass is 600 g/mol. The van der Waals surface area contributed by atoms with E-state index < -0.39 is 6.08 Å². The lowest BCUT2D eigenvalue weighted by atomic mass is 9.75. The number of aliphatic hydroxyl groups excluding tert-OH is 1. The Morgan fingerprint density at radius 3 is 2.21 bits per heavy atom. The van der Waals surface area contributed by atoms with E-state index in [2.05, 4.69) is 43.2 Å². The van der Waals surface area contributed by atoms with Crippen LogP contribution in [0.3, 0.4) is 0 Å². The summed E-state index contributed by atoms with van der Waals surface area (Å²) in [6.45, 7) is 10.8. The summed E-state index contributed by atoms with van der Waals surface area (Å²) < 4.78 is 30.0. The van der Waals surface area contributed by atoms with E-state index in [1.807, 2.05) is 13.0 Å². The standard InChI is InChI=1S/C26H32F2O4.C6H10O.C3H4O/c1-2-19-14-21(22-15-23(31-13-12-29)17-24(16-22)32-30)10-11-25(19)20-8-6-18(7-9-20)4-3-5-26(27)28;1-3-4-6(2)5-7;1-2-3-4/h5,10-11,14-18,20,29-30H,2-4,6-9,12-13H2,1H3;5H,2-4H2,1H3;2-3H,1H2. The Balaban J connectivity index is 0.000000717. The van der Waals surface area contributed by atoms with Crippen LogP contribution in [-0.4, -0.2) is 36.1 Å². The number of hydrogen-bond donors (Lipinski definition) is 2. The van der Waals surface area contributed by atoms with E-state index in [4.69, 9.17) is 19.9 Å². The summed E-state index contributed by atoms with van der Waals surface area (Å²) in [4.78, 5) is 23.3. The second-order valence-electron chi connectivity index (χ2n) is 10.3. The number of benzene rings is 2. The number of ether oxygens (including phenoxy) is 1. The molecule has 2 aromatic rings. The van der Waals surface area contributed by atoms with Crippen molar-refractivity contribution in [3.05, 3.63) is 84.5 Å². The molecule has 0 aromatic heterocycles. The highest BCUT2D eigenvalue weighted by atomic mass is 19.3. The normalized spacial score (nSPS) is 15.4. The molecule has 0 spiro atoms. The Hall–Kier alpha value is -3.62. The van der Waals surface area contributed by atoms with Gasteiger partial charge < -0.3 is 14.7 Å². The zero-order chi connectivity index (χ0) is 32.0. The lowest BCUT2D eigenvalue weighted by Gasteiger charge is -2.30. The van der Waals surface area contributed by atoms with Gasteiger partial charge in [0, 0.05) is 6.07 Å². The average molecular weight is 601 g/mol. The van der Waals surface area contributed by atoms with Gasteiger partial charge in [0.15, 0.2) is 5.75 Å². The van der Waals surface area contributed by atoms with Crippen molar-refractivity contribution in [3.8, 4) is 22.6 Å². The van der Waals surface area contributed by atoms with Crippen molar-refractivity contribution in [1.29, 1.82) is 0 Å². The molecule has 0 atom stereocenters. The van der Waals surface area contributed by atoms with Gasteiger partial charge >= 0.3 is 0 Å². The Morgan fingerprint density at radius 2 is 1.70 bits per heavy atom. The smallest absolute Gasteiger partial charge is 0.266 e. The molecule has 1 fully saturated rings. The van der Waals surface area contributed by atoms with Gasteiger partial charge in [-0.05, 0) is 115 Å². The Bertz CT molecular complexity index is 1160. The molecule has 0 amide bonds. The van der Waals surface area contributed by atoms with Gasteiger partial charge in [-0.1, -0.05) is 51.6 Å². The number of allylic oxidation sites excluding steroid dienone is 3. The van der Waals surface area contributed by atoms with E-state index >= 15 is 0 Å². The summed E-state index contributed by atoms with van der Waals surface area (Å²) in [5.74, 6) is 1.82. The highest BCUT2D eigenvalue weighted by molar-refractivity contribution is 5.71. The van der Waals surface area contributed by atoms with Crippen LogP contribution in [0.15, 0.2) is 73.4 Å². The number of aliphatic hydroxyl groups is 1. The third-order valence-corrected chi connectivity index (χ3v) is 7.20. The zero-order valence-electron chi connectivity index (χ0n) is 25.4. The fourth-order valence-electron chi connectivity index (χ4n) is 5.10. The van der Waals surface area contributed by atoms with E-state index in [1.165, 1.54) is 17.2 Å². The van der Waals surface area contributed by atoms with Gasteiger partial charge in [0.25, 0.3) is 6.08 Å². The maximum absolute atomic E-state index is 12.3. The van der Waals surface area contributed by atoms with Crippen molar-refractivity contribution in [3.63, 3.8) is 0 Å². The molecule has 2 aromatic carbocycles. The van der Waals surface area contributed by atoms with E-state index in [9.17, 15) is 13.6 Å². The maximum Gasteiger partial charge on any atom is 0.266 e. The summed E-state index contributed by atoms with van der Waals surface area (Å²) in [5.41, 5.74) is 5.23. The van der Waals surface area contributed by atoms with Crippen molar-refractivity contribution < 1.29 is 38.4 Å². The highest BCUT2D eigenvalue weighted by Gasteiger charge is 2.24. The first-order chi connectivity index (χ1) is 20.8. The van der Waals surface area contributed by atoms with Gasteiger partial charge in [-0.3, -0.25) is 9.59 Å². The van der Waals surface area contributed by atoms with Crippen LogP contribution in [0.25, 0.3) is 11.1 Å². The van der Waals surface area contributed by atoms with Crippen molar-refractivity contribution >= 4 is 12.6 Å². The molecule has 0 bridgehead atoms. The molecular formula is C35H46F2O6. The molecule has 0 heterocycles. The lowest BCUT2D eigenvalue weighted by Crippen LogP contribution is -2.14. The topological polar surface area (TPSA) is 93.1 Å². The molecule has 6 nitrogen and oxygen atoms in total. The largest absolute Gasteiger partial charge is 0.491 e. The molecule has 8 heteroatoms. The van der Waals surface area contributed by atoms with E-state index in [0.29, 0.717) is 35.9 Å². The average Bonchev–Trinajstić information content (AvgIpc) is 3.04. The number of rotatable bonds is 14. The van der Waals surface area contributed by atoms with E-state index in [-0.39, 0.29) is 19.0 Å². The quantitative estimate of drug-likeness (QED) is 0.0974. The van der Waals surface area contributed by atoms with Crippen LogP contribution in [0.5, 0.6) is 11.5 Å². The van der Waals surface area contributed by atoms with Crippen molar-refractivity contribution in [1.82, 2.24) is 0 Å². The fourth-order valence-corrected chi connectivity index (χ4v) is 5.10. The summed E-state index contributed by atoms with van der Waals surface area (Å²) in [6, 6.07) is 11.7. The van der Waals surface area contributed by atoms with Crippen molar-refractivity contribution in [2.75, 3.05) is 13.2 Å². The third-order valence-electron chi connectivity index (χ3n) is 7.20. The molecule has 1 aliphatic carbocycles. The molecule has 1 aliphatic rings. The second-order valence-corrected chi connectivity index (χ2v) is 10.3. The SMILES string of the molecule is C=C(C=O)CCC.C=CC=O.CCc1cc(-c2cc(OO)cc(OCCO)c2)ccc1C1CCC(CCC=C(F)F)CC1. The third kappa shape index (κ3) is 14.4. The number of halogens is 2. The van der Waals surface area contributed by atoms with Crippen LogP contribution in [0, 0.1) is 5.92 Å². The molecule has 2 N–H and O–H groups in total. The summed E-state index contributed by atoms with van der Waals surface area (Å²) >= 11 is 0. The van der Waals surface area contributed by atoms with Crippen LogP contribution in [-0.2, 0) is 16.0 Å². The maximum atomic E-state index is 12.3. The van der Waals surface area contributed by atoms with Gasteiger partial charge in [0.1, 0.15) is 24.9 Å². The Morgan fingerprint density at radius 1 is 1.02 bits per heavy atom. The number of carbonyl (C=O) groups is 2. The molecule has 236 valence electrons.